The SMILES string of the molecule is CCCNC(c1nccnc1OC)C1(C)CCCC1. The van der Waals surface area contributed by atoms with Crippen molar-refractivity contribution in [1.82, 2.24) is 15.3 Å². The van der Waals surface area contributed by atoms with Crippen LogP contribution in [0.4, 0.5) is 0 Å². The summed E-state index contributed by atoms with van der Waals surface area (Å²) in [5.74, 6) is 0.657. The van der Waals surface area contributed by atoms with Crippen molar-refractivity contribution in [2.75, 3.05) is 13.7 Å². The van der Waals surface area contributed by atoms with Crippen molar-refractivity contribution in [2.24, 2.45) is 5.41 Å². The van der Waals surface area contributed by atoms with Gasteiger partial charge in [0.15, 0.2) is 0 Å². The number of rotatable bonds is 6. The Morgan fingerprint density at radius 3 is 2.63 bits per heavy atom. The lowest BCUT2D eigenvalue weighted by molar-refractivity contribution is 0.212. The topological polar surface area (TPSA) is 47.0 Å². The van der Waals surface area contributed by atoms with Gasteiger partial charge in [0.05, 0.1) is 13.2 Å². The van der Waals surface area contributed by atoms with Gasteiger partial charge in [-0.15, -0.1) is 0 Å². The number of hydrogen-bond acceptors (Lipinski definition) is 4. The summed E-state index contributed by atoms with van der Waals surface area (Å²) in [5.41, 5.74) is 1.22. The van der Waals surface area contributed by atoms with Gasteiger partial charge in [0.2, 0.25) is 5.88 Å². The van der Waals surface area contributed by atoms with Crippen LogP contribution in [0.3, 0.4) is 0 Å². The molecule has 1 atom stereocenters. The lowest BCUT2D eigenvalue weighted by Crippen LogP contribution is -2.36. The molecule has 1 saturated carbocycles. The molecule has 0 spiro atoms. The van der Waals surface area contributed by atoms with E-state index in [4.69, 9.17) is 4.74 Å². The van der Waals surface area contributed by atoms with E-state index in [9.17, 15) is 0 Å². The van der Waals surface area contributed by atoms with Gasteiger partial charge in [-0.25, -0.2) is 4.98 Å². The Bertz CT molecular complexity index is 402. The van der Waals surface area contributed by atoms with Crippen molar-refractivity contribution in [3.63, 3.8) is 0 Å². The zero-order valence-electron chi connectivity index (χ0n) is 12.3. The number of nitrogens with one attached hydrogen (secondary N) is 1. The molecule has 4 heteroatoms. The van der Waals surface area contributed by atoms with Gasteiger partial charge in [0.1, 0.15) is 5.69 Å². The van der Waals surface area contributed by atoms with E-state index in [0.717, 1.165) is 18.7 Å². The first-order chi connectivity index (χ1) is 9.21. The van der Waals surface area contributed by atoms with Gasteiger partial charge in [-0.3, -0.25) is 4.98 Å². The van der Waals surface area contributed by atoms with Crippen molar-refractivity contribution < 1.29 is 4.74 Å². The fraction of sp³-hybridized carbons (Fsp3) is 0.733. The summed E-state index contributed by atoms with van der Waals surface area (Å²) >= 11 is 0. The molecule has 0 aromatic carbocycles. The van der Waals surface area contributed by atoms with Crippen LogP contribution in [0, 0.1) is 5.41 Å². The molecule has 0 bridgehead atoms. The second-order valence-electron chi connectivity index (χ2n) is 5.70. The average molecular weight is 263 g/mol. The molecule has 1 aliphatic rings. The number of aromatic nitrogens is 2. The normalized spacial score (nSPS) is 19.3. The van der Waals surface area contributed by atoms with Crippen LogP contribution >= 0.6 is 0 Å². The fourth-order valence-corrected chi connectivity index (χ4v) is 3.12. The van der Waals surface area contributed by atoms with Gasteiger partial charge in [-0.05, 0) is 31.2 Å². The van der Waals surface area contributed by atoms with Crippen molar-refractivity contribution in [2.45, 2.75) is 52.0 Å². The Hall–Kier alpha value is -1.16. The van der Waals surface area contributed by atoms with E-state index in [1.807, 2.05) is 0 Å². The highest BCUT2D eigenvalue weighted by Gasteiger charge is 2.39. The first-order valence-corrected chi connectivity index (χ1v) is 7.29. The van der Waals surface area contributed by atoms with Gasteiger partial charge in [0.25, 0.3) is 0 Å². The fourth-order valence-electron chi connectivity index (χ4n) is 3.12. The monoisotopic (exact) mass is 263 g/mol. The second kappa shape index (κ2) is 6.33. The third kappa shape index (κ3) is 3.06. The minimum absolute atomic E-state index is 0.235. The maximum Gasteiger partial charge on any atom is 0.237 e. The molecule has 1 aromatic heterocycles. The van der Waals surface area contributed by atoms with Crippen LogP contribution in [0.15, 0.2) is 12.4 Å². The van der Waals surface area contributed by atoms with Crippen LogP contribution in [0.5, 0.6) is 5.88 Å². The Kier molecular flexibility index (Phi) is 4.75. The quantitative estimate of drug-likeness (QED) is 0.856. The molecule has 4 nitrogen and oxygen atoms in total. The predicted octanol–water partition coefficient (Wildman–Crippen LogP) is 3.11. The molecule has 1 unspecified atom stereocenters. The minimum atomic E-state index is 0.235. The van der Waals surface area contributed by atoms with E-state index < -0.39 is 0 Å². The van der Waals surface area contributed by atoms with Crippen LogP contribution in [0.25, 0.3) is 0 Å². The third-order valence-electron chi connectivity index (χ3n) is 4.20. The van der Waals surface area contributed by atoms with Crippen LogP contribution in [0.2, 0.25) is 0 Å². The molecule has 1 N–H and O–H groups in total. The van der Waals surface area contributed by atoms with Crippen molar-refractivity contribution in [3.8, 4) is 5.88 Å². The van der Waals surface area contributed by atoms with E-state index in [0.29, 0.717) is 5.88 Å². The molecule has 19 heavy (non-hydrogen) atoms. The molecule has 0 amide bonds. The van der Waals surface area contributed by atoms with E-state index in [1.165, 1.54) is 25.7 Å². The standard InChI is InChI=1S/C15H25N3O/c1-4-9-17-13(15(2)7-5-6-8-15)12-14(19-3)18-11-10-16-12/h10-11,13,17H,4-9H2,1-3H3. The van der Waals surface area contributed by atoms with Crippen LogP contribution in [-0.4, -0.2) is 23.6 Å². The zero-order chi connectivity index (χ0) is 13.7. The van der Waals surface area contributed by atoms with Gasteiger partial charge >= 0.3 is 0 Å². The van der Waals surface area contributed by atoms with E-state index in [-0.39, 0.29) is 11.5 Å². The number of ether oxygens (including phenoxy) is 1. The molecular weight excluding hydrogens is 238 g/mol. The molecule has 0 aliphatic heterocycles. The van der Waals surface area contributed by atoms with Crippen molar-refractivity contribution in [1.29, 1.82) is 0 Å². The Morgan fingerprint density at radius 1 is 1.32 bits per heavy atom. The highest BCUT2D eigenvalue weighted by Crippen LogP contribution is 2.47. The molecule has 0 saturated heterocycles. The molecule has 1 heterocycles. The summed E-state index contributed by atoms with van der Waals surface area (Å²) in [5, 5.41) is 3.66. The molecule has 0 radical (unpaired) electrons. The largest absolute Gasteiger partial charge is 0.480 e. The summed E-state index contributed by atoms with van der Waals surface area (Å²) in [6.45, 7) is 5.55. The van der Waals surface area contributed by atoms with E-state index in [1.54, 1.807) is 19.5 Å². The molecule has 2 rings (SSSR count). The maximum atomic E-state index is 5.40. The summed E-state index contributed by atoms with van der Waals surface area (Å²) in [4.78, 5) is 8.85. The number of nitrogens with zero attached hydrogens (tertiary/aromatic N) is 2. The molecule has 106 valence electrons. The Morgan fingerprint density at radius 2 is 2.00 bits per heavy atom. The molecular formula is C15H25N3O. The number of hydrogen-bond donors (Lipinski definition) is 1. The van der Waals surface area contributed by atoms with Crippen LogP contribution in [-0.2, 0) is 0 Å². The minimum Gasteiger partial charge on any atom is -0.480 e. The molecule has 1 aliphatic carbocycles. The lowest BCUT2D eigenvalue weighted by atomic mass is 9.79. The average Bonchev–Trinajstić information content (AvgIpc) is 2.87. The maximum absolute atomic E-state index is 5.40. The summed E-state index contributed by atoms with van der Waals surface area (Å²) in [6.07, 6.45) is 9.68. The van der Waals surface area contributed by atoms with Gasteiger partial charge in [-0.2, -0.15) is 0 Å². The van der Waals surface area contributed by atoms with Crippen molar-refractivity contribution in [3.05, 3.63) is 18.1 Å². The van der Waals surface area contributed by atoms with E-state index in [2.05, 4.69) is 29.1 Å². The van der Waals surface area contributed by atoms with Crippen LogP contribution in [0.1, 0.15) is 57.7 Å². The Balaban J connectivity index is 2.31. The predicted molar refractivity (Wildman–Crippen MR) is 76.2 cm³/mol. The van der Waals surface area contributed by atoms with Gasteiger partial charge in [-0.1, -0.05) is 26.7 Å². The lowest BCUT2D eigenvalue weighted by Gasteiger charge is -2.34. The second-order valence-corrected chi connectivity index (χ2v) is 5.70. The highest BCUT2D eigenvalue weighted by molar-refractivity contribution is 5.24. The van der Waals surface area contributed by atoms with Gasteiger partial charge < -0.3 is 10.1 Å². The molecule has 1 fully saturated rings. The summed E-state index contributed by atoms with van der Waals surface area (Å²) in [7, 11) is 1.67. The first-order valence-electron chi connectivity index (χ1n) is 7.29. The summed E-state index contributed by atoms with van der Waals surface area (Å²) < 4.78 is 5.40. The number of methoxy groups -OCH3 is 1. The third-order valence-corrected chi connectivity index (χ3v) is 4.20. The van der Waals surface area contributed by atoms with E-state index >= 15 is 0 Å². The van der Waals surface area contributed by atoms with Gasteiger partial charge in [0, 0.05) is 12.4 Å². The zero-order valence-corrected chi connectivity index (χ0v) is 12.3. The van der Waals surface area contributed by atoms with Crippen molar-refractivity contribution >= 4 is 0 Å². The smallest absolute Gasteiger partial charge is 0.237 e. The van der Waals surface area contributed by atoms with Crippen LogP contribution < -0.4 is 10.1 Å². The Labute approximate surface area is 116 Å². The highest BCUT2D eigenvalue weighted by atomic mass is 16.5. The molecule has 1 aromatic rings. The first kappa shape index (κ1) is 14.3. The summed E-state index contributed by atoms with van der Waals surface area (Å²) in [6, 6.07) is 0.235.